The fourth-order valence-corrected chi connectivity index (χ4v) is 2.77. The van der Waals surface area contributed by atoms with Gasteiger partial charge in [-0.25, -0.2) is 0 Å². The molecule has 0 aliphatic rings. The van der Waals surface area contributed by atoms with Gasteiger partial charge in [0, 0.05) is 0 Å². The average Bonchev–Trinajstić information content (AvgIpc) is 2.56. The molecular formula is C19H14Cl2O2. The van der Waals surface area contributed by atoms with Crippen LogP contribution in [0.15, 0.2) is 60.7 Å². The number of rotatable bonds is 4. The number of ether oxygens (including phenoxy) is 1. The van der Waals surface area contributed by atoms with Crippen LogP contribution in [-0.2, 0) is 22.6 Å². The van der Waals surface area contributed by atoms with Crippen LogP contribution in [0.4, 0.5) is 0 Å². The largest absolute Gasteiger partial charge is 0.461 e. The van der Waals surface area contributed by atoms with E-state index in [0.717, 1.165) is 21.9 Å². The van der Waals surface area contributed by atoms with Gasteiger partial charge in [-0.3, -0.25) is 4.79 Å². The molecule has 0 heterocycles. The van der Waals surface area contributed by atoms with Crippen molar-refractivity contribution >= 4 is 39.9 Å². The number of esters is 1. The van der Waals surface area contributed by atoms with Gasteiger partial charge in [-0.15, -0.1) is 0 Å². The molecule has 0 spiro atoms. The second-order valence-electron chi connectivity index (χ2n) is 5.22. The minimum atomic E-state index is -0.271. The Hall–Kier alpha value is -2.03. The Bertz CT molecular complexity index is 854. The van der Waals surface area contributed by atoms with Gasteiger partial charge >= 0.3 is 5.97 Å². The first-order chi connectivity index (χ1) is 11.1. The van der Waals surface area contributed by atoms with Crippen molar-refractivity contribution in [2.24, 2.45) is 0 Å². The Labute approximate surface area is 144 Å². The Morgan fingerprint density at radius 2 is 1.70 bits per heavy atom. The Morgan fingerprint density at radius 1 is 0.913 bits per heavy atom. The molecule has 23 heavy (non-hydrogen) atoms. The van der Waals surface area contributed by atoms with Gasteiger partial charge in [0.05, 0.1) is 16.5 Å². The van der Waals surface area contributed by atoms with Gasteiger partial charge in [-0.1, -0.05) is 71.7 Å². The second-order valence-corrected chi connectivity index (χ2v) is 6.04. The van der Waals surface area contributed by atoms with Crippen molar-refractivity contribution < 1.29 is 9.53 Å². The van der Waals surface area contributed by atoms with E-state index in [-0.39, 0.29) is 19.0 Å². The van der Waals surface area contributed by atoms with E-state index in [1.54, 1.807) is 18.2 Å². The topological polar surface area (TPSA) is 26.3 Å². The van der Waals surface area contributed by atoms with Crippen LogP contribution < -0.4 is 0 Å². The Balaban J connectivity index is 1.68. The monoisotopic (exact) mass is 344 g/mol. The lowest BCUT2D eigenvalue weighted by molar-refractivity contribution is -0.144. The van der Waals surface area contributed by atoms with Crippen molar-refractivity contribution in [1.82, 2.24) is 0 Å². The zero-order chi connectivity index (χ0) is 16.2. The summed E-state index contributed by atoms with van der Waals surface area (Å²) >= 11 is 11.8. The van der Waals surface area contributed by atoms with Crippen molar-refractivity contribution in [2.75, 3.05) is 0 Å². The van der Waals surface area contributed by atoms with Crippen LogP contribution in [0.2, 0.25) is 10.0 Å². The van der Waals surface area contributed by atoms with Crippen LogP contribution in [0.25, 0.3) is 10.8 Å². The van der Waals surface area contributed by atoms with Crippen molar-refractivity contribution in [3.05, 3.63) is 81.8 Å². The number of hydrogen-bond donors (Lipinski definition) is 0. The summed E-state index contributed by atoms with van der Waals surface area (Å²) in [6, 6.07) is 19.1. The van der Waals surface area contributed by atoms with Crippen molar-refractivity contribution in [2.45, 2.75) is 13.0 Å². The first-order valence-electron chi connectivity index (χ1n) is 7.19. The highest BCUT2D eigenvalue weighted by atomic mass is 35.5. The maximum atomic E-state index is 12.1. The van der Waals surface area contributed by atoms with Gasteiger partial charge < -0.3 is 4.74 Å². The van der Waals surface area contributed by atoms with Gasteiger partial charge in [0.1, 0.15) is 6.61 Å². The summed E-state index contributed by atoms with van der Waals surface area (Å²) in [5.74, 6) is -0.271. The smallest absolute Gasteiger partial charge is 0.310 e. The zero-order valence-electron chi connectivity index (χ0n) is 12.3. The third-order valence-electron chi connectivity index (χ3n) is 3.60. The summed E-state index contributed by atoms with van der Waals surface area (Å²) in [7, 11) is 0. The number of benzene rings is 3. The standard InChI is InChI=1S/C19H14Cl2O2/c20-17-9-8-13(10-18(17)21)12-23-19(22)11-15-6-3-5-14-4-1-2-7-16(14)15/h1-10H,11-12H2. The zero-order valence-corrected chi connectivity index (χ0v) is 13.8. The maximum absolute atomic E-state index is 12.1. The molecule has 0 aromatic heterocycles. The van der Waals surface area contributed by atoms with Crippen molar-refractivity contribution in [3.8, 4) is 0 Å². The van der Waals surface area contributed by atoms with E-state index in [9.17, 15) is 4.79 Å². The number of hydrogen-bond acceptors (Lipinski definition) is 2. The first kappa shape index (κ1) is 15.9. The van der Waals surface area contributed by atoms with Crippen LogP contribution in [0.3, 0.4) is 0 Å². The predicted octanol–water partition coefficient (Wildman–Crippen LogP) is 5.43. The Kier molecular flexibility index (Phi) is 4.85. The number of fused-ring (bicyclic) bond motifs is 1. The van der Waals surface area contributed by atoms with E-state index in [0.29, 0.717) is 10.0 Å². The fraction of sp³-hybridized carbons (Fsp3) is 0.105. The molecule has 0 radical (unpaired) electrons. The van der Waals surface area contributed by atoms with Crippen LogP contribution >= 0.6 is 23.2 Å². The minimum absolute atomic E-state index is 0.181. The van der Waals surface area contributed by atoms with Gasteiger partial charge in [0.15, 0.2) is 0 Å². The molecule has 0 saturated heterocycles. The minimum Gasteiger partial charge on any atom is -0.461 e. The third kappa shape index (κ3) is 3.84. The molecule has 0 atom stereocenters. The molecule has 3 rings (SSSR count). The highest BCUT2D eigenvalue weighted by Gasteiger charge is 2.09. The summed E-state index contributed by atoms with van der Waals surface area (Å²) in [6.07, 6.45) is 0.239. The lowest BCUT2D eigenvalue weighted by Crippen LogP contribution is -2.08. The molecule has 0 aliphatic carbocycles. The number of carbonyl (C=O) groups is 1. The third-order valence-corrected chi connectivity index (χ3v) is 4.34. The molecule has 0 aliphatic heterocycles. The van der Waals surface area contributed by atoms with Crippen LogP contribution in [0, 0.1) is 0 Å². The first-order valence-corrected chi connectivity index (χ1v) is 7.95. The lowest BCUT2D eigenvalue weighted by Gasteiger charge is -2.08. The highest BCUT2D eigenvalue weighted by Crippen LogP contribution is 2.23. The number of halogens is 2. The average molecular weight is 345 g/mol. The molecule has 4 heteroatoms. The van der Waals surface area contributed by atoms with Crippen LogP contribution in [0.1, 0.15) is 11.1 Å². The van der Waals surface area contributed by atoms with Gasteiger partial charge in [-0.05, 0) is 34.0 Å². The van der Waals surface area contributed by atoms with Crippen molar-refractivity contribution in [3.63, 3.8) is 0 Å². The molecule has 0 bridgehead atoms. The highest BCUT2D eigenvalue weighted by molar-refractivity contribution is 6.42. The maximum Gasteiger partial charge on any atom is 0.310 e. The summed E-state index contributed by atoms with van der Waals surface area (Å²) in [5.41, 5.74) is 1.77. The van der Waals surface area contributed by atoms with Gasteiger partial charge in [0.25, 0.3) is 0 Å². The Morgan fingerprint density at radius 3 is 2.52 bits per heavy atom. The normalized spacial score (nSPS) is 10.7. The number of carbonyl (C=O) groups excluding carboxylic acids is 1. The summed E-state index contributed by atoms with van der Waals surface area (Å²) in [5, 5.41) is 3.12. The van der Waals surface area contributed by atoms with E-state index in [4.69, 9.17) is 27.9 Å². The molecule has 0 amide bonds. The molecule has 0 fully saturated rings. The van der Waals surface area contributed by atoms with Gasteiger partial charge in [-0.2, -0.15) is 0 Å². The fourth-order valence-electron chi connectivity index (χ4n) is 2.45. The van der Waals surface area contributed by atoms with E-state index >= 15 is 0 Å². The summed E-state index contributed by atoms with van der Waals surface area (Å²) in [4.78, 5) is 12.1. The molecule has 3 aromatic carbocycles. The molecule has 116 valence electrons. The van der Waals surface area contributed by atoms with E-state index in [1.165, 1.54) is 0 Å². The van der Waals surface area contributed by atoms with Crippen molar-refractivity contribution in [1.29, 1.82) is 0 Å². The summed E-state index contributed by atoms with van der Waals surface area (Å²) < 4.78 is 5.34. The van der Waals surface area contributed by atoms with Crippen LogP contribution in [-0.4, -0.2) is 5.97 Å². The SMILES string of the molecule is O=C(Cc1cccc2ccccc12)OCc1ccc(Cl)c(Cl)c1. The quantitative estimate of drug-likeness (QED) is 0.589. The predicted molar refractivity (Wildman–Crippen MR) is 93.9 cm³/mol. The second kappa shape index (κ2) is 7.03. The molecule has 0 N–H and O–H groups in total. The van der Waals surface area contributed by atoms with E-state index < -0.39 is 0 Å². The lowest BCUT2D eigenvalue weighted by atomic mass is 10.0. The summed E-state index contributed by atoms with van der Waals surface area (Å²) in [6.45, 7) is 0.181. The molecular weight excluding hydrogens is 331 g/mol. The molecule has 0 saturated carbocycles. The van der Waals surface area contributed by atoms with Crippen LogP contribution in [0.5, 0.6) is 0 Å². The van der Waals surface area contributed by atoms with Gasteiger partial charge in [0.2, 0.25) is 0 Å². The molecule has 3 aromatic rings. The van der Waals surface area contributed by atoms with E-state index in [2.05, 4.69) is 0 Å². The molecule has 0 unspecified atom stereocenters. The molecule has 2 nitrogen and oxygen atoms in total. The van der Waals surface area contributed by atoms with E-state index in [1.807, 2.05) is 42.5 Å².